The number of urea groups is 1. The van der Waals surface area contributed by atoms with Gasteiger partial charge in [-0.3, -0.25) is 9.48 Å². The number of nitrogens with zero attached hydrogens (tertiary/aromatic N) is 3. The van der Waals surface area contributed by atoms with Gasteiger partial charge in [-0.15, -0.1) is 0 Å². The van der Waals surface area contributed by atoms with Crippen LogP contribution < -0.4 is 5.32 Å². The van der Waals surface area contributed by atoms with Crippen LogP contribution in [0.25, 0.3) is 0 Å². The van der Waals surface area contributed by atoms with E-state index in [1.165, 1.54) is 4.90 Å². The minimum atomic E-state index is -1.01. The van der Waals surface area contributed by atoms with Gasteiger partial charge in [0.1, 0.15) is 6.54 Å². The van der Waals surface area contributed by atoms with Gasteiger partial charge >= 0.3 is 12.0 Å². The van der Waals surface area contributed by atoms with Crippen LogP contribution in [-0.2, 0) is 18.4 Å². The van der Waals surface area contributed by atoms with Crippen molar-refractivity contribution in [2.24, 2.45) is 13.0 Å². The molecule has 0 fully saturated rings. The molecule has 7 nitrogen and oxygen atoms in total. The third-order valence-corrected chi connectivity index (χ3v) is 3.27. The first-order valence-corrected chi connectivity index (χ1v) is 6.96. The number of hydrogen-bond acceptors (Lipinski definition) is 3. The molecule has 2 N–H and O–H groups in total. The summed E-state index contributed by atoms with van der Waals surface area (Å²) in [5, 5.41) is 16.0. The second-order valence-electron chi connectivity index (χ2n) is 5.60. The van der Waals surface area contributed by atoms with Crippen LogP contribution in [-0.4, -0.2) is 44.9 Å². The molecule has 0 bridgehead atoms. The molecule has 0 atom stereocenters. The molecule has 0 aliphatic rings. The molecule has 2 amide bonds. The van der Waals surface area contributed by atoms with Gasteiger partial charge in [0, 0.05) is 31.4 Å². The summed E-state index contributed by atoms with van der Waals surface area (Å²) in [6, 6.07) is -0.367. The van der Waals surface area contributed by atoms with Crippen LogP contribution in [0.1, 0.15) is 30.8 Å². The standard InChI is InChI=1S/C14H24N4O3/c1-9(2)7-18(8-13(19)20)14(21)15-6-12-10(3)16-17(5)11(12)4/h9H,6-8H2,1-5H3,(H,15,21)(H,19,20). The summed E-state index contributed by atoms with van der Waals surface area (Å²) >= 11 is 0. The van der Waals surface area contributed by atoms with Crippen molar-refractivity contribution < 1.29 is 14.7 Å². The predicted molar refractivity (Wildman–Crippen MR) is 79.0 cm³/mol. The van der Waals surface area contributed by atoms with E-state index in [1.807, 2.05) is 34.7 Å². The molecule has 7 heteroatoms. The molecule has 1 heterocycles. The Kier molecular flexibility index (Phi) is 5.75. The fourth-order valence-electron chi connectivity index (χ4n) is 2.17. The summed E-state index contributed by atoms with van der Waals surface area (Å²) in [6.45, 7) is 8.16. The zero-order valence-corrected chi connectivity index (χ0v) is 13.3. The summed E-state index contributed by atoms with van der Waals surface area (Å²) < 4.78 is 1.76. The number of aromatic nitrogens is 2. The van der Waals surface area contributed by atoms with E-state index in [1.54, 1.807) is 4.68 Å². The van der Waals surface area contributed by atoms with Gasteiger partial charge in [-0.2, -0.15) is 5.10 Å². The highest BCUT2D eigenvalue weighted by molar-refractivity contribution is 5.80. The maximum Gasteiger partial charge on any atom is 0.323 e. The first-order chi connectivity index (χ1) is 9.72. The van der Waals surface area contributed by atoms with Crippen molar-refractivity contribution in [2.45, 2.75) is 34.2 Å². The minimum absolute atomic E-state index is 0.206. The fraction of sp³-hybridized carbons (Fsp3) is 0.643. The van der Waals surface area contributed by atoms with E-state index < -0.39 is 5.97 Å². The van der Waals surface area contributed by atoms with E-state index in [0.29, 0.717) is 13.1 Å². The molecular formula is C14H24N4O3. The van der Waals surface area contributed by atoms with E-state index in [-0.39, 0.29) is 18.5 Å². The van der Waals surface area contributed by atoms with Gasteiger partial charge in [-0.1, -0.05) is 13.8 Å². The van der Waals surface area contributed by atoms with Crippen LogP contribution in [0.5, 0.6) is 0 Å². The lowest BCUT2D eigenvalue weighted by molar-refractivity contribution is -0.137. The van der Waals surface area contributed by atoms with Crippen molar-refractivity contribution in [2.75, 3.05) is 13.1 Å². The van der Waals surface area contributed by atoms with Crippen molar-refractivity contribution in [1.82, 2.24) is 20.0 Å². The molecule has 118 valence electrons. The molecule has 0 spiro atoms. The van der Waals surface area contributed by atoms with Gasteiger partial charge in [0.2, 0.25) is 0 Å². The number of nitrogens with one attached hydrogen (secondary N) is 1. The lowest BCUT2D eigenvalue weighted by Crippen LogP contribution is -2.44. The van der Waals surface area contributed by atoms with Crippen LogP contribution >= 0.6 is 0 Å². The Balaban J connectivity index is 2.70. The summed E-state index contributed by atoms with van der Waals surface area (Å²) in [4.78, 5) is 24.3. The molecule has 0 unspecified atom stereocenters. The molecule has 0 radical (unpaired) electrons. The van der Waals surface area contributed by atoms with E-state index in [4.69, 9.17) is 5.11 Å². The highest BCUT2D eigenvalue weighted by Gasteiger charge is 2.18. The monoisotopic (exact) mass is 296 g/mol. The lowest BCUT2D eigenvalue weighted by atomic mass is 10.2. The molecule has 0 saturated heterocycles. The van der Waals surface area contributed by atoms with E-state index in [9.17, 15) is 9.59 Å². The molecule has 21 heavy (non-hydrogen) atoms. The molecular weight excluding hydrogens is 272 g/mol. The van der Waals surface area contributed by atoms with Crippen molar-refractivity contribution in [3.05, 3.63) is 17.0 Å². The smallest absolute Gasteiger partial charge is 0.323 e. The Morgan fingerprint density at radius 2 is 2.00 bits per heavy atom. The number of aliphatic carboxylic acids is 1. The molecule has 1 aromatic rings. The highest BCUT2D eigenvalue weighted by atomic mass is 16.4. The van der Waals surface area contributed by atoms with Crippen molar-refractivity contribution in [3.63, 3.8) is 0 Å². The summed E-state index contributed by atoms with van der Waals surface area (Å²) in [6.07, 6.45) is 0. The number of carboxylic acid groups (broad SMARTS) is 1. The van der Waals surface area contributed by atoms with E-state index >= 15 is 0 Å². The quantitative estimate of drug-likeness (QED) is 0.828. The largest absolute Gasteiger partial charge is 0.480 e. The number of carbonyl (C=O) groups is 2. The maximum absolute atomic E-state index is 12.1. The van der Waals surface area contributed by atoms with Crippen molar-refractivity contribution >= 4 is 12.0 Å². The first-order valence-electron chi connectivity index (χ1n) is 6.96. The Morgan fingerprint density at radius 1 is 1.38 bits per heavy atom. The first kappa shape index (κ1) is 17.0. The highest BCUT2D eigenvalue weighted by Crippen LogP contribution is 2.11. The number of hydrogen-bond donors (Lipinski definition) is 2. The zero-order valence-electron chi connectivity index (χ0n) is 13.3. The van der Waals surface area contributed by atoms with Gasteiger partial charge in [0.15, 0.2) is 0 Å². The second kappa shape index (κ2) is 7.10. The van der Waals surface area contributed by atoms with Gasteiger partial charge in [0.05, 0.1) is 5.69 Å². The summed E-state index contributed by atoms with van der Waals surface area (Å²) in [5.74, 6) is -0.809. The van der Waals surface area contributed by atoms with Crippen LogP contribution in [0.15, 0.2) is 0 Å². The normalized spacial score (nSPS) is 10.8. The number of amides is 2. The minimum Gasteiger partial charge on any atom is -0.480 e. The van der Waals surface area contributed by atoms with Crippen LogP contribution in [0.2, 0.25) is 0 Å². The zero-order chi connectivity index (χ0) is 16.2. The topological polar surface area (TPSA) is 87.5 Å². The van der Waals surface area contributed by atoms with Crippen LogP contribution in [0.4, 0.5) is 4.79 Å². The van der Waals surface area contributed by atoms with Crippen molar-refractivity contribution in [3.8, 4) is 0 Å². The maximum atomic E-state index is 12.1. The molecule has 0 aliphatic heterocycles. The second-order valence-corrected chi connectivity index (χ2v) is 5.60. The van der Waals surface area contributed by atoms with Gasteiger partial charge in [-0.05, 0) is 19.8 Å². The number of rotatable bonds is 6. The van der Waals surface area contributed by atoms with Gasteiger partial charge in [0.25, 0.3) is 0 Å². The average Bonchev–Trinajstić information content (AvgIpc) is 2.59. The predicted octanol–water partition coefficient (Wildman–Crippen LogP) is 1.29. The fourth-order valence-corrected chi connectivity index (χ4v) is 2.17. The SMILES string of the molecule is Cc1nn(C)c(C)c1CNC(=O)N(CC(=O)O)CC(C)C. The molecule has 1 aromatic heterocycles. The average molecular weight is 296 g/mol. The third-order valence-electron chi connectivity index (χ3n) is 3.27. The number of carbonyl (C=O) groups excluding carboxylic acids is 1. The summed E-state index contributed by atoms with van der Waals surface area (Å²) in [7, 11) is 1.85. The van der Waals surface area contributed by atoms with E-state index in [0.717, 1.165) is 17.0 Å². The molecule has 0 saturated carbocycles. The third kappa shape index (κ3) is 4.77. The van der Waals surface area contributed by atoms with Crippen molar-refractivity contribution in [1.29, 1.82) is 0 Å². The van der Waals surface area contributed by atoms with Gasteiger partial charge < -0.3 is 15.3 Å². The molecule has 0 aliphatic carbocycles. The molecule has 1 rings (SSSR count). The number of carboxylic acids is 1. The van der Waals surface area contributed by atoms with E-state index in [2.05, 4.69) is 10.4 Å². The van der Waals surface area contributed by atoms with Crippen LogP contribution in [0, 0.1) is 19.8 Å². The lowest BCUT2D eigenvalue weighted by Gasteiger charge is -2.23. The Morgan fingerprint density at radius 3 is 2.43 bits per heavy atom. The molecule has 0 aromatic carbocycles. The Labute approximate surface area is 124 Å². The summed E-state index contributed by atoms with van der Waals surface area (Å²) in [5.41, 5.74) is 2.82. The van der Waals surface area contributed by atoms with Crippen LogP contribution in [0.3, 0.4) is 0 Å². The Bertz CT molecular complexity index is 523. The number of aryl methyl sites for hydroxylation is 2. The Hall–Kier alpha value is -2.05. The van der Waals surface area contributed by atoms with Gasteiger partial charge in [-0.25, -0.2) is 4.79 Å².